The number of sulfonamides is 2. The van der Waals surface area contributed by atoms with Gasteiger partial charge in [-0.15, -0.1) is 11.3 Å². The van der Waals surface area contributed by atoms with E-state index in [9.17, 15) is 21.6 Å². The molecule has 146 valence electrons. The molecule has 11 heteroatoms. The van der Waals surface area contributed by atoms with E-state index in [-0.39, 0.29) is 20.4 Å². The fourth-order valence-corrected chi connectivity index (χ4v) is 6.13. The second-order valence-electron chi connectivity index (χ2n) is 5.84. The van der Waals surface area contributed by atoms with Crippen LogP contribution in [-0.2, 0) is 24.8 Å². The van der Waals surface area contributed by atoms with Crippen LogP contribution in [0.15, 0.2) is 45.5 Å². The Labute approximate surface area is 161 Å². The number of hydrogen-bond donors (Lipinski definition) is 1. The monoisotopic (exact) mass is 430 g/mol. The quantitative estimate of drug-likeness (QED) is 0.703. The van der Waals surface area contributed by atoms with Gasteiger partial charge in [0.25, 0.3) is 10.0 Å². The van der Waals surface area contributed by atoms with Crippen molar-refractivity contribution < 1.29 is 26.4 Å². The Morgan fingerprint density at radius 2 is 1.63 bits per heavy atom. The molecule has 2 heterocycles. The fourth-order valence-electron chi connectivity index (χ4n) is 2.71. The number of rotatable bonds is 6. The number of nitrogens with one attached hydrogen (secondary N) is 1. The van der Waals surface area contributed by atoms with Crippen LogP contribution >= 0.6 is 11.3 Å². The van der Waals surface area contributed by atoms with Gasteiger partial charge in [0, 0.05) is 13.1 Å². The van der Waals surface area contributed by atoms with Gasteiger partial charge >= 0.3 is 5.97 Å². The first-order chi connectivity index (χ1) is 12.8. The molecule has 1 aliphatic rings. The summed E-state index contributed by atoms with van der Waals surface area (Å²) in [5.41, 5.74) is 0.112. The summed E-state index contributed by atoms with van der Waals surface area (Å²) in [5, 5.41) is 1.57. The number of carbonyl (C=O) groups is 1. The molecule has 1 aromatic carbocycles. The minimum absolute atomic E-state index is 0.0501. The van der Waals surface area contributed by atoms with Gasteiger partial charge in [0.2, 0.25) is 10.0 Å². The second-order valence-corrected chi connectivity index (χ2v) is 10.4. The maximum absolute atomic E-state index is 12.6. The average molecular weight is 431 g/mol. The molecule has 0 atom stereocenters. The average Bonchev–Trinajstić information content (AvgIpc) is 3.33. The third-order valence-corrected chi connectivity index (χ3v) is 8.31. The van der Waals surface area contributed by atoms with Crippen molar-refractivity contribution in [1.29, 1.82) is 0 Å². The van der Waals surface area contributed by atoms with Gasteiger partial charge in [0.05, 0.1) is 22.6 Å². The zero-order valence-electron chi connectivity index (χ0n) is 14.4. The van der Waals surface area contributed by atoms with Gasteiger partial charge in [0.1, 0.15) is 4.88 Å². The minimum Gasteiger partial charge on any atom is -0.465 e. The van der Waals surface area contributed by atoms with Crippen molar-refractivity contribution in [2.24, 2.45) is 0 Å². The van der Waals surface area contributed by atoms with Crippen LogP contribution in [0.2, 0.25) is 0 Å². The molecule has 0 unspecified atom stereocenters. The molecule has 1 N–H and O–H groups in total. The Hall–Kier alpha value is -1.95. The third-order valence-electron chi connectivity index (χ3n) is 4.12. The largest absolute Gasteiger partial charge is 0.465 e. The van der Waals surface area contributed by atoms with E-state index < -0.39 is 26.0 Å². The van der Waals surface area contributed by atoms with Crippen molar-refractivity contribution in [3.05, 3.63) is 40.6 Å². The standard InChI is InChI=1S/C16H18N2O6S3/c1-24-16(19)15-14(8-11-25-15)17-26(20,21)12-4-6-13(7-5-12)27(22,23)18-9-2-3-10-18/h4-8,11,17H,2-3,9-10H2,1H3. The predicted molar refractivity (Wildman–Crippen MR) is 101 cm³/mol. The Morgan fingerprint density at radius 3 is 2.22 bits per heavy atom. The Morgan fingerprint density at radius 1 is 1.04 bits per heavy atom. The van der Waals surface area contributed by atoms with E-state index in [0.29, 0.717) is 13.1 Å². The van der Waals surface area contributed by atoms with E-state index in [0.717, 1.165) is 24.2 Å². The van der Waals surface area contributed by atoms with Crippen LogP contribution in [-0.4, -0.2) is 47.3 Å². The summed E-state index contributed by atoms with van der Waals surface area (Å²) in [6.45, 7) is 0.941. The highest BCUT2D eigenvalue weighted by atomic mass is 32.2. The minimum atomic E-state index is -3.99. The lowest BCUT2D eigenvalue weighted by atomic mass is 10.4. The molecular weight excluding hydrogens is 412 g/mol. The number of carbonyl (C=O) groups excluding carboxylic acids is 1. The van der Waals surface area contributed by atoms with Gasteiger partial charge < -0.3 is 4.74 Å². The number of nitrogens with zero attached hydrogens (tertiary/aromatic N) is 1. The predicted octanol–water partition coefficient (Wildman–Crippen LogP) is 2.12. The van der Waals surface area contributed by atoms with Gasteiger partial charge in [-0.1, -0.05) is 0 Å². The van der Waals surface area contributed by atoms with E-state index >= 15 is 0 Å². The van der Waals surface area contributed by atoms with Crippen molar-refractivity contribution in [1.82, 2.24) is 4.31 Å². The first-order valence-electron chi connectivity index (χ1n) is 8.04. The molecule has 1 aliphatic heterocycles. The molecule has 0 bridgehead atoms. The molecular formula is C16H18N2O6S3. The van der Waals surface area contributed by atoms with Crippen LogP contribution in [0, 0.1) is 0 Å². The normalized spacial score (nSPS) is 15.6. The molecule has 0 amide bonds. The van der Waals surface area contributed by atoms with Gasteiger partial charge in [-0.05, 0) is 48.6 Å². The van der Waals surface area contributed by atoms with Gasteiger partial charge in [0.15, 0.2) is 0 Å². The van der Waals surface area contributed by atoms with E-state index in [1.807, 2.05) is 0 Å². The Kier molecular flexibility index (Phi) is 5.56. The molecule has 0 aliphatic carbocycles. The molecule has 27 heavy (non-hydrogen) atoms. The third kappa shape index (κ3) is 4.00. The van der Waals surface area contributed by atoms with E-state index in [1.165, 1.54) is 41.7 Å². The lowest BCUT2D eigenvalue weighted by Gasteiger charge is -2.15. The summed E-state index contributed by atoms with van der Waals surface area (Å²) in [4.78, 5) is 11.8. The van der Waals surface area contributed by atoms with Crippen molar-refractivity contribution in [3.8, 4) is 0 Å². The van der Waals surface area contributed by atoms with Crippen molar-refractivity contribution in [3.63, 3.8) is 0 Å². The molecule has 8 nitrogen and oxygen atoms in total. The lowest BCUT2D eigenvalue weighted by Crippen LogP contribution is -2.27. The molecule has 0 saturated carbocycles. The zero-order chi connectivity index (χ0) is 19.7. The topological polar surface area (TPSA) is 110 Å². The highest BCUT2D eigenvalue weighted by Crippen LogP contribution is 2.27. The Bertz CT molecular complexity index is 1040. The van der Waals surface area contributed by atoms with E-state index in [4.69, 9.17) is 0 Å². The number of anilines is 1. The molecule has 0 spiro atoms. The SMILES string of the molecule is COC(=O)c1sccc1NS(=O)(=O)c1ccc(S(=O)(=O)N2CCCC2)cc1. The van der Waals surface area contributed by atoms with Crippen molar-refractivity contribution in [2.75, 3.05) is 24.9 Å². The summed E-state index contributed by atoms with van der Waals surface area (Å²) in [6.07, 6.45) is 1.64. The molecule has 1 aromatic heterocycles. The van der Waals surface area contributed by atoms with Gasteiger partial charge in [-0.25, -0.2) is 21.6 Å². The first kappa shape index (κ1) is 19.8. The summed E-state index contributed by atoms with van der Waals surface area (Å²) in [6, 6.07) is 6.47. The van der Waals surface area contributed by atoms with E-state index in [2.05, 4.69) is 9.46 Å². The number of benzene rings is 1. The smallest absolute Gasteiger partial charge is 0.350 e. The van der Waals surface area contributed by atoms with E-state index in [1.54, 1.807) is 5.38 Å². The lowest BCUT2D eigenvalue weighted by molar-refractivity contribution is 0.0607. The number of hydrogen-bond acceptors (Lipinski definition) is 7. The molecule has 1 saturated heterocycles. The second kappa shape index (κ2) is 7.58. The van der Waals surface area contributed by atoms with Crippen LogP contribution in [0.1, 0.15) is 22.5 Å². The molecule has 2 aromatic rings. The zero-order valence-corrected chi connectivity index (χ0v) is 16.9. The summed E-state index contributed by atoms with van der Waals surface area (Å²) in [5.74, 6) is -0.644. The van der Waals surface area contributed by atoms with Crippen LogP contribution in [0.4, 0.5) is 5.69 Å². The Balaban J connectivity index is 1.84. The van der Waals surface area contributed by atoms with Gasteiger partial charge in [-0.3, -0.25) is 4.72 Å². The number of esters is 1. The van der Waals surface area contributed by atoms with Crippen LogP contribution in [0.5, 0.6) is 0 Å². The summed E-state index contributed by atoms with van der Waals surface area (Å²) in [7, 11) is -6.39. The molecule has 3 rings (SSSR count). The number of methoxy groups -OCH3 is 1. The van der Waals surface area contributed by atoms with Gasteiger partial charge in [-0.2, -0.15) is 4.31 Å². The highest BCUT2D eigenvalue weighted by molar-refractivity contribution is 7.92. The van der Waals surface area contributed by atoms with Crippen molar-refractivity contribution in [2.45, 2.75) is 22.6 Å². The van der Waals surface area contributed by atoms with Crippen LogP contribution < -0.4 is 4.72 Å². The maximum atomic E-state index is 12.6. The molecule has 0 radical (unpaired) electrons. The van der Waals surface area contributed by atoms with Crippen LogP contribution in [0.3, 0.4) is 0 Å². The number of thiophene rings is 1. The summed E-state index contributed by atoms with van der Waals surface area (Å²) >= 11 is 1.05. The van der Waals surface area contributed by atoms with Crippen molar-refractivity contribution >= 4 is 43.0 Å². The maximum Gasteiger partial charge on any atom is 0.350 e. The highest BCUT2D eigenvalue weighted by Gasteiger charge is 2.28. The van der Waals surface area contributed by atoms with Crippen LogP contribution in [0.25, 0.3) is 0 Å². The number of ether oxygens (including phenoxy) is 1. The molecule has 1 fully saturated rings. The fraction of sp³-hybridized carbons (Fsp3) is 0.312. The summed E-state index contributed by atoms with van der Waals surface area (Å²) < 4.78 is 58.5. The first-order valence-corrected chi connectivity index (χ1v) is 11.8.